The summed E-state index contributed by atoms with van der Waals surface area (Å²) in [5.74, 6) is 1.03. The van der Waals surface area contributed by atoms with Crippen LogP contribution in [0.3, 0.4) is 0 Å². The van der Waals surface area contributed by atoms with E-state index in [2.05, 4.69) is 31.4 Å². The van der Waals surface area contributed by atoms with Crippen molar-refractivity contribution >= 4 is 6.09 Å². The fourth-order valence-corrected chi connectivity index (χ4v) is 2.81. The molecule has 0 aromatic rings. The summed E-state index contributed by atoms with van der Waals surface area (Å²) in [6, 6.07) is 0.422. The zero-order valence-corrected chi connectivity index (χ0v) is 14.0. The number of alkyl carbamates (subject to hydrolysis) is 1. The van der Waals surface area contributed by atoms with Gasteiger partial charge >= 0.3 is 6.09 Å². The minimum absolute atomic E-state index is 0.303. The minimum atomic E-state index is -0.303. The van der Waals surface area contributed by atoms with E-state index in [1.54, 1.807) is 0 Å². The van der Waals surface area contributed by atoms with Crippen molar-refractivity contribution in [3.63, 3.8) is 0 Å². The molecule has 1 amide bonds. The molecular formula is C16H34N2O2. The first-order valence-electron chi connectivity index (χ1n) is 8.22. The molecule has 0 aromatic carbocycles. The molecule has 0 rings (SSSR count). The Morgan fingerprint density at radius 3 is 2.20 bits per heavy atom. The van der Waals surface area contributed by atoms with Crippen LogP contribution in [0, 0.1) is 11.8 Å². The summed E-state index contributed by atoms with van der Waals surface area (Å²) in [4.78, 5) is 11.4. The van der Waals surface area contributed by atoms with Gasteiger partial charge in [0.05, 0.1) is 6.61 Å². The number of amides is 1. The average molecular weight is 286 g/mol. The van der Waals surface area contributed by atoms with E-state index < -0.39 is 0 Å². The third-order valence-electron chi connectivity index (χ3n) is 4.08. The van der Waals surface area contributed by atoms with E-state index >= 15 is 0 Å². The van der Waals surface area contributed by atoms with Crippen molar-refractivity contribution in [1.82, 2.24) is 10.6 Å². The lowest BCUT2D eigenvalue weighted by Gasteiger charge is -2.32. The van der Waals surface area contributed by atoms with Gasteiger partial charge in [-0.25, -0.2) is 4.79 Å². The first kappa shape index (κ1) is 19.2. The molecule has 0 aliphatic carbocycles. The molecule has 0 heterocycles. The first-order valence-corrected chi connectivity index (χ1v) is 8.22. The van der Waals surface area contributed by atoms with Crippen molar-refractivity contribution in [2.24, 2.45) is 11.8 Å². The van der Waals surface area contributed by atoms with Gasteiger partial charge in [0.15, 0.2) is 0 Å². The third-order valence-corrected chi connectivity index (χ3v) is 4.08. The zero-order valence-electron chi connectivity index (χ0n) is 14.0. The summed E-state index contributed by atoms with van der Waals surface area (Å²) in [5.41, 5.74) is 0. The Kier molecular flexibility index (Phi) is 11.5. The normalized spacial score (nSPS) is 15.4. The predicted molar refractivity (Wildman–Crippen MR) is 85.0 cm³/mol. The van der Waals surface area contributed by atoms with E-state index in [0.29, 0.717) is 31.0 Å². The van der Waals surface area contributed by atoms with Crippen LogP contribution in [0.2, 0.25) is 0 Å². The number of rotatable bonds is 11. The molecule has 0 bridgehead atoms. The SMILES string of the molecule is CCCCC(CC)C(NC)C(CC)COC(=O)NCC. The number of ether oxygens (including phenoxy) is 1. The maximum Gasteiger partial charge on any atom is 0.407 e. The summed E-state index contributed by atoms with van der Waals surface area (Å²) in [6.07, 6.45) is 5.64. The fraction of sp³-hybridized carbons (Fsp3) is 0.938. The number of nitrogens with one attached hydrogen (secondary N) is 2. The monoisotopic (exact) mass is 286 g/mol. The average Bonchev–Trinajstić information content (AvgIpc) is 2.46. The largest absolute Gasteiger partial charge is 0.449 e. The fourth-order valence-electron chi connectivity index (χ4n) is 2.81. The summed E-state index contributed by atoms with van der Waals surface area (Å²) in [5, 5.41) is 6.13. The molecule has 3 atom stereocenters. The predicted octanol–water partition coefficient (Wildman–Crippen LogP) is 3.56. The number of carbonyl (C=O) groups excluding carboxylic acids is 1. The van der Waals surface area contributed by atoms with E-state index in [1.165, 1.54) is 25.7 Å². The van der Waals surface area contributed by atoms with Crippen molar-refractivity contribution in [3.8, 4) is 0 Å². The summed E-state index contributed by atoms with van der Waals surface area (Å²) in [6.45, 7) is 9.66. The van der Waals surface area contributed by atoms with Gasteiger partial charge in [0.25, 0.3) is 0 Å². The van der Waals surface area contributed by atoms with Crippen LogP contribution in [0.15, 0.2) is 0 Å². The van der Waals surface area contributed by atoms with Gasteiger partial charge in [-0.1, -0.05) is 40.0 Å². The summed E-state index contributed by atoms with van der Waals surface area (Å²) in [7, 11) is 2.02. The van der Waals surface area contributed by atoms with Gasteiger partial charge in [0.2, 0.25) is 0 Å². The molecule has 20 heavy (non-hydrogen) atoms. The molecule has 0 aliphatic heterocycles. The van der Waals surface area contributed by atoms with Gasteiger partial charge in [-0.3, -0.25) is 0 Å². The van der Waals surface area contributed by atoms with Crippen LogP contribution < -0.4 is 10.6 Å². The van der Waals surface area contributed by atoms with Crippen molar-refractivity contribution in [2.45, 2.75) is 65.8 Å². The number of unbranched alkanes of at least 4 members (excludes halogenated alkanes) is 1. The molecule has 0 fully saturated rings. The zero-order chi connectivity index (χ0) is 15.4. The molecule has 0 aromatic heterocycles. The lowest BCUT2D eigenvalue weighted by molar-refractivity contribution is 0.102. The number of carbonyl (C=O) groups is 1. The Morgan fingerprint density at radius 1 is 1.10 bits per heavy atom. The van der Waals surface area contributed by atoms with Crippen LogP contribution in [-0.2, 0) is 4.74 Å². The quantitative estimate of drug-likeness (QED) is 0.610. The highest BCUT2D eigenvalue weighted by Gasteiger charge is 2.26. The van der Waals surface area contributed by atoms with E-state index in [0.717, 1.165) is 6.42 Å². The topological polar surface area (TPSA) is 50.4 Å². The Labute approximate surface area is 125 Å². The number of hydrogen-bond donors (Lipinski definition) is 2. The Bertz CT molecular complexity index is 247. The summed E-state index contributed by atoms with van der Waals surface area (Å²) >= 11 is 0. The Hall–Kier alpha value is -0.770. The second-order valence-corrected chi connectivity index (χ2v) is 5.42. The molecule has 3 unspecified atom stereocenters. The van der Waals surface area contributed by atoms with Crippen molar-refractivity contribution in [1.29, 1.82) is 0 Å². The second kappa shape index (κ2) is 12.0. The van der Waals surface area contributed by atoms with Gasteiger partial charge in [0.1, 0.15) is 0 Å². The third kappa shape index (κ3) is 7.13. The van der Waals surface area contributed by atoms with Crippen molar-refractivity contribution in [3.05, 3.63) is 0 Å². The van der Waals surface area contributed by atoms with E-state index in [-0.39, 0.29) is 6.09 Å². The summed E-state index contributed by atoms with van der Waals surface area (Å²) < 4.78 is 5.33. The van der Waals surface area contributed by atoms with Crippen molar-refractivity contribution < 1.29 is 9.53 Å². The van der Waals surface area contributed by atoms with Crippen molar-refractivity contribution in [2.75, 3.05) is 20.2 Å². The van der Waals surface area contributed by atoms with Crippen LogP contribution in [-0.4, -0.2) is 32.3 Å². The molecule has 0 saturated carbocycles. The smallest absolute Gasteiger partial charge is 0.407 e. The molecule has 2 N–H and O–H groups in total. The highest BCUT2D eigenvalue weighted by molar-refractivity contribution is 5.66. The van der Waals surface area contributed by atoms with Gasteiger partial charge < -0.3 is 15.4 Å². The van der Waals surface area contributed by atoms with Crippen LogP contribution in [0.4, 0.5) is 4.79 Å². The molecule has 0 spiro atoms. The lowest BCUT2D eigenvalue weighted by atomic mass is 9.82. The van der Waals surface area contributed by atoms with Crippen LogP contribution in [0.25, 0.3) is 0 Å². The molecule has 120 valence electrons. The Balaban J connectivity index is 4.49. The highest BCUT2D eigenvalue weighted by atomic mass is 16.5. The van der Waals surface area contributed by atoms with Gasteiger partial charge in [-0.2, -0.15) is 0 Å². The van der Waals surface area contributed by atoms with Crippen LogP contribution in [0.5, 0.6) is 0 Å². The van der Waals surface area contributed by atoms with E-state index in [4.69, 9.17) is 4.74 Å². The maximum atomic E-state index is 11.4. The lowest BCUT2D eigenvalue weighted by Crippen LogP contribution is -2.42. The van der Waals surface area contributed by atoms with E-state index in [9.17, 15) is 4.79 Å². The van der Waals surface area contributed by atoms with Gasteiger partial charge in [-0.05, 0) is 32.7 Å². The molecule has 4 nitrogen and oxygen atoms in total. The second-order valence-electron chi connectivity index (χ2n) is 5.42. The molecule has 4 heteroatoms. The van der Waals surface area contributed by atoms with Gasteiger partial charge in [0, 0.05) is 18.5 Å². The van der Waals surface area contributed by atoms with Gasteiger partial charge in [-0.15, -0.1) is 0 Å². The van der Waals surface area contributed by atoms with Crippen LogP contribution >= 0.6 is 0 Å². The van der Waals surface area contributed by atoms with E-state index in [1.807, 2.05) is 14.0 Å². The maximum absolute atomic E-state index is 11.4. The molecule has 0 radical (unpaired) electrons. The minimum Gasteiger partial charge on any atom is -0.449 e. The standard InChI is InChI=1S/C16H34N2O2/c1-6-10-11-13(7-2)15(17-5)14(8-3)12-20-16(19)18-9-4/h13-15,17H,6-12H2,1-5H3,(H,18,19). The molecule has 0 aliphatic rings. The van der Waals surface area contributed by atoms with Crippen LogP contribution in [0.1, 0.15) is 59.8 Å². The number of hydrogen-bond acceptors (Lipinski definition) is 3. The Morgan fingerprint density at radius 2 is 1.75 bits per heavy atom. The first-order chi connectivity index (χ1) is 9.64. The molecular weight excluding hydrogens is 252 g/mol. The molecule has 0 saturated heterocycles. The highest BCUT2D eigenvalue weighted by Crippen LogP contribution is 2.24.